The third-order valence-corrected chi connectivity index (χ3v) is 6.15. The molecule has 0 spiro atoms. The maximum atomic E-state index is 15.1. The Morgan fingerprint density at radius 2 is 2.07 bits per heavy atom. The molecule has 3 heterocycles. The number of H-pyrrole nitrogens is 1. The summed E-state index contributed by atoms with van der Waals surface area (Å²) in [5.74, 6) is 0.787. The number of fused-ring (bicyclic) bond motifs is 3. The van der Waals surface area contributed by atoms with Gasteiger partial charge < -0.3 is 14.5 Å². The first-order chi connectivity index (χ1) is 14.1. The van der Waals surface area contributed by atoms with Crippen LogP contribution in [0.4, 0.5) is 4.39 Å². The second-order valence-corrected chi connectivity index (χ2v) is 8.26. The minimum absolute atomic E-state index is 0.0669. The van der Waals surface area contributed by atoms with Gasteiger partial charge in [0.15, 0.2) is 5.67 Å². The van der Waals surface area contributed by atoms with Crippen LogP contribution in [-0.2, 0) is 11.2 Å². The number of ether oxygens (including phenoxy) is 2. The number of benzene rings is 2. The highest BCUT2D eigenvalue weighted by molar-refractivity contribution is 5.85. The Bertz CT molecular complexity index is 1030. The molecule has 151 valence electrons. The molecule has 2 aromatic carbocycles. The number of nitrogens with one attached hydrogen (secondary N) is 1. The van der Waals surface area contributed by atoms with E-state index in [0.717, 1.165) is 28.9 Å². The van der Waals surface area contributed by atoms with Gasteiger partial charge in [0.1, 0.15) is 5.75 Å². The number of alkyl halides is 1. The fourth-order valence-corrected chi connectivity index (χ4v) is 4.75. The van der Waals surface area contributed by atoms with Crippen molar-refractivity contribution < 1.29 is 13.9 Å². The van der Waals surface area contributed by atoms with E-state index >= 15 is 4.39 Å². The maximum Gasteiger partial charge on any atom is 0.169 e. The molecule has 5 rings (SSSR count). The van der Waals surface area contributed by atoms with E-state index in [0.29, 0.717) is 13.2 Å². The van der Waals surface area contributed by atoms with Gasteiger partial charge in [-0.1, -0.05) is 30.3 Å². The lowest BCUT2D eigenvalue weighted by Crippen LogP contribution is -2.57. The lowest BCUT2D eigenvalue weighted by Gasteiger charge is -2.46. The highest BCUT2D eigenvalue weighted by atomic mass is 19.1. The molecule has 1 aromatic heterocycles. The molecule has 0 bridgehead atoms. The minimum atomic E-state index is -1.28. The van der Waals surface area contributed by atoms with Crippen LogP contribution >= 0.6 is 0 Å². The number of nitrogens with zero attached hydrogens (tertiary/aromatic N) is 1. The Labute approximate surface area is 170 Å². The third kappa shape index (κ3) is 3.22. The van der Waals surface area contributed by atoms with E-state index < -0.39 is 5.67 Å². The summed E-state index contributed by atoms with van der Waals surface area (Å²) in [5.41, 5.74) is 3.43. The van der Waals surface area contributed by atoms with Crippen LogP contribution in [-0.4, -0.2) is 48.0 Å². The van der Waals surface area contributed by atoms with E-state index in [9.17, 15) is 0 Å². The SMILES string of the molecule is [CH2]COc1cccc([C@@H]2c3[nH]c4ccccc4c3C[C@@H](C)N2CC2(F)COC2)c1. The van der Waals surface area contributed by atoms with Gasteiger partial charge in [-0.25, -0.2) is 4.39 Å². The van der Waals surface area contributed by atoms with Crippen LogP contribution < -0.4 is 4.74 Å². The molecule has 4 nitrogen and oxygen atoms in total. The molecule has 2 atom stereocenters. The van der Waals surface area contributed by atoms with Gasteiger partial charge in [0.05, 0.1) is 25.9 Å². The largest absolute Gasteiger partial charge is 0.494 e. The molecule has 0 unspecified atom stereocenters. The van der Waals surface area contributed by atoms with Crippen LogP contribution in [0.1, 0.15) is 29.8 Å². The minimum Gasteiger partial charge on any atom is -0.494 e. The highest BCUT2D eigenvalue weighted by Gasteiger charge is 2.45. The standard InChI is InChI=1S/C24H26FN2O2/c1-3-29-18-8-6-7-17(12-18)23-22-20(19-9-4-5-10-21(19)26-22)11-16(2)27(23)13-24(25)14-28-15-24/h4-10,12,16,23,26H,1,3,11,13-15H2,2H3/t16-,23-/m1/s1. The predicted octanol–water partition coefficient (Wildman–Crippen LogP) is 4.46. The second-order valence-electron chi connectivity index (χ2n) is 8.26. The van der Waals surface area contributed by atoms with E-state index in [1.165, 1.54) is 10.9 Å². The van der Waals surface area contributed by atoms with Gasteiger partial charge in [0.25, 0.3) is 0 Å². The fraction of sp³-hybridized carbons (Fsp3) is 0.375. The Kier molecular flexibility index (Phi) is 4.60. The number of rotatable bonds is 5. The normalized spacial score (nSPS) is 23.6. The first-order valence-corrected chi connectivity index (χ1v) is 10.2. The Morgan fingerprint density at radius 3 is 2.83 bits per heavy atom. The summed E-state index contributed by atoms with van der Waals surface area (Å²) in [6.45, 7) is 7.05. The molecule has 0 aliphatic carbocycles. The van der Waals surface area contributed by atoms with Crippen LogP contribution in [0, 0.1) is 6.92 Å². The highest BCUT2D eigenvalue weighted by Crippen LogP contribution is 2.42. The molecular weight excluding hydrogens is 367 g/mol. The van der Waals surface area contributed by atoms with Crippen LogP contribution in [0.5, 0.6) is 5.75 Å². The number of para-hydroxylation sites is 1. The predicted molar refractivity (Wildman–Crippen MR) is 112 cm³/mol. The lowest BCUT2D eigenvalue weighted by molar-refractivity contribution is -0.147. The van der Waals surface area contributed by atoms with Crippen molar-refractivity contribution in [1.82, 2.24) is 9.88 Å². The summed E-state index contributed by atoms with van der Waals surface area (Å²) in [6.07, 6.45) is 0.891. The van der Waals surface area contributed by atoms with Gasteiger partial charge >= 0.3 is 0 Å². The first-order valence-electron chi connectivity index (χ1n) is 10.2. The summed E-state index contributed by atoms with van der Waals surface area (Å²) >= 11 is 0. The van der Waals surface area contributed by atoms with Crippen molar-refractivity contribution in [2.24, 2.45) is 0 Å². The molecule has 1 radical (unpaired) electrons. The average molecular weight is 393 g/mol. The zero-order chi connectivity index (χ0) is 20.0. The van der Waals surface area contributed by atoms with Gasteiger partial charge in [-0.2, -0.15) is 0 Å². The van der Waals surface area contributed by atoms with Crippen molar-refractivity contribution >= 4 is 10.9 Å². The van der Waals surface area contributed by atoms with Crippen molar-refractivity contribution in [3.63, 3.8) is 0 Å². The molecule has 29 heavy (non-hydrogen) atoms. The lowest BCUT2D eigenvalue weighted by atomic mass is 9.87. The zero-order valence-electron chi connectivity index (χ0n) is 16.7. The van der Waals surface area contributed by atoms with Crippen molar-refractivity contribution in [3.8, 4) is 5.75 Å². The summed E-state index contributed by atoms with van der Waals surface area (Å²) in [5, 5.41) is 1.26. The van der Waals surface area contributed by atoms with Crippen molar-refractivity contribution in [1.29, 1.82) is 0 Å². The van der Waals surface area contributed by atoms with E-state index in [1.807, 2.05) is 18.2 Å². The van der Waals surface area contributed by atoms with Crippen molar-refractivity contribution in [2.45, 2.75) is 31.1 Å². The Balaban J connectivity index is 1.64. The molecule has 0 amide bonds. The van der Waals surface area contributed by atoms with E-state index in [-0.39, 0.29) is 25.3 Å². The molecular formula is C24H26FN2O2. The number of hydrogen-bond donors (Lipinski definition) is 1. The zero-order valence-corrected chi connectivity index (χ0v) is 16.7. The van der Waals surface area contributed by atoms with Gasteiger partial charge in [-0.05, 0) is 49.6 Å². The Morgan fingerprint density at radius 1 is 1.24 bits per heavy atom. The van der Waals surface area contributed by atoms with E-state index in [4.69, 9.17) is 9.47 Å². The van der Waals surface area contributed by atoms with E-state index in [1.54, 1.807) is 0 Å². The number of halogens is 1. The number of hydrogen-bond acceptors (Lipinski definition) is 3. The van der Waals surface area contributed by atoms with Gasteiger partial charge in [0, 0.05) is 29.2 Å². The van der Waals surface area contributed by atoms with Crippen LogP contribution in [0.3, 0.4) is 0 Å². The average Bonchev–Trinajstić information content (AvgIpc) is 3.06. The van der Waals surface area contributed by atoms with Gasteiger partial charge in [-0.15, -0.1) is 0 Å². The molecule has 2 aliphatic heterocycles. The first kappa shape index (κ1) is 18.6. The quantitative estimate of drug-likeness (QED) is 0.696. The summed E-state index contributed by atoms with van der Waals surface area (Å²) in [4.78, 5) is 5.92. The van der Waals surface area contributed by atoms with Crippen LogP contribution in [0.2, 0.25) is 0 Å². The summed E-state index contributed by atoms with van der Waals surface area (Å²) < 4.78 is 26.0. The molecule has 3 aromatic rings. The third-order valence-electron chi connectivity index (χ3n) is 6.15. The van der Waals surface area contributed by atoms with Gasteiger partial charge in [-0.3, -0.25) is 4.90 Å². The summed E-state index contributed by atoms with van der Waals surface area (Å²) in [6, 6.07) is 16.6. The molecule has 5 heteroatoms. The smallest absolute Gasteiger partial charge is 0.169 e. The van der Waals surface area contributed by atoms with Gasteiger partial charge in [0.2, 0.25) is 0 Å². The van der Waals surface area contributed by atoms with Crippen LogP contribution in [0.25, 0.3) is 10.9 Å². The number of aromatic nitrogens is 1. The number of aromatic amines is 1. The Hall–Kier alpha value is -2.37. The summed E-state index contributed by atoms with van der Waals surface area (Å²) in [7, 11) is 0. The second kappa shape index (κ2) is 7.15. The monoisotopic (exact) mass is 393 g/mol. The van der Waals surface area contributed by atoms with Crippen molar-refractivity contribution in [2.75, 3.05) is 26.4 Å². The molecule has 1 fully saturated rings. The molecule has 2 aliphatic rings. The van der Waals surface area contributed by atoms with E-state index in [2.05, 4.69) is 54.1 Å². The molecule has 0 saturated carbocycles. The van der Waals surface area contributed by atoms with Crippen LogP contribution in [0.15, 0.2) is 48.5 Å². The topological polar surface area (TPSA) is 37.5 Å². The maximum absolute atomic E-state index is 15.1. The van der Waals surface area contributed by atoms with Crippen molar-refractivity contribution in [3.05, 3.63) is 72.3 Å². The molecule has 1 N–H and O–H groups in total. The molecule has 1 saturated heterocycles. The fourth-order valence-electron chi connectivity index (χ4n) is 4.75.